The van der Waals surface area contributed by atoms with Crippen LogP contribution < -0.4 is 0 Å². The monoisotopic (exact) mass is 286 g/mol. The molecule has 3 atom stereocenters. The fourth-order valence-corrected chi connectivity index (χ4v) is 2.46. The Kier molecular flexibility index (Phi) is 4.83. The van der Waals surface area contributed by atoms with Crippen LogP contribution in [0.4, 0.5) is 13.2 Å². The lowest BCUT2D eigenvalue weighted by Crippen LogP contribution is -2.30. The summed E-state index contributed by atoms with van der Waals surface area (Å²) in [4.78, 5) is 0. The molecule has 1 fully saturated rings. The van der Waals surface area contributed by atoms with Gasteiger partial charge in [0.15, 0.2) is 17.5 Å². The van der Waals surface area contributed by atoms with Crippen LogP contribution in [0, 0.1) is 23.4 Å². The smallest absolute Gasteiger partial charge is 0.194 e. The molecule has 1 saturated heterocycles. The first kappa shape index (κ1) is 15.1. The van der Waals surface area contributed by atoms with Crippen molar-refractivity contribution in [2.24, 2.45) is 5.92 Å². The van der Waals surface area contributed by atoms with Gasteiger partial charge in [-0.15, -0.1) is 6.58 Å². The van der Waals surface area contributed by atoms with Crippen molar-refractivity contribution in [1.82, 2.24) is 0 Å². The molecule has 0 aromatic heterocycles. The van der Waals surface area contributed by atoms with E-state index in [0.29, 0.717) is 25.9 Å². The van der Waals surface area contributed by atoms with Crippen LogP contribution >= 0.6 is 0 Å². The molecule has 110 valence electrons. The third-order valence-corrected chi connectivity index (χ3v) is 3.64. The van der Waals surface area contributed by atoms with Crippen molar-refractivity contribution in [3.8, 4) is 0 Å². The van der Waals surface area contributed by atoms with E-state index < -0.39 is 29.7 Å². The van der Waals surface area contributed by atoms with Crippen LogP contribution in [0.15, 0.2) is 24.8 Å². The number of hydrogen-bond donors (Lipinski definition) is 1. The SMILES string of the molecule is C=CCC(O)C1CCC(c2cc(F)c(F)c(F)c2)OC1. The largest absolute Gasteiger partial charge is 0.392 e. The first-order chi connectivity index (χ1) is 9.52. The zero-order valence-electron chi connectivity index (χ0n) is 11.0. The highest BCUT2D eigenvalue weighted by Crippen LogP contribution is 2.33. The minimum absolute atomic E-state index is 0.0145. The van der Waals surface area contributed by atoms with Crippen LogP contribution in [0.1, 0.15) is 30.9 Å². The van der Waals surface area contributed by atoms with E-state index in [1.54, 1.807) is 6.08 Å². The van der Waals surface area contributed by atoms with Gasteiger partial charge in [-0.2, -0.15) is 0 Å². The summed E-state index contributed by atoms with van der Waals surface area (Å²) < 4.78 is 44.8. The number of aliphatic hydroxyl groups excluding tert-OH is 1. The Morgan fingerprint density at radius 2 is 1.95 bits per heavy atom. The molecule has 0 spiro atoms. The van der Waals surface area contributed by atoms with Gasteiger partial charge in [-0.25, -0.2) is 13.2 Å². The van der Waals surface area contributed by atoms with Gasteiger partial charge >= 0.3 is 0 Å². The minimum atomic E-state index is -1.47. The van der Waals surface area contributed by atoms with Gasteiger partial charge in [0.1, 0.15) is 0 Å². The summed E-state index contributed by atoms with van der Waals surface area (Å²) in [6, 6.07) is 1.92. The molecule has 2 rings (SSSR count). The first-order valence-corrected chi connectivity index (χ1v) is 6.58. The predicted octanol–water partition coefficient (Wildman–Crippen LogP) is 3.51. The van der Waals surface area contributed by atoms with Gasteiger partial charge in [0.25, 0.3) is 0 Å². The highest BCUT2D eigenvalue weighted by atomic mass is 19.2. The van der Waals surface area contributed by atoms with Crippen LogP contribution in [-0.2, 0) is 4.74 Å². The summed E-state index contributed by atoms with van der Waals surface area (Å²) in [5, 5.41) is 9.83. The lowest BCUT2D eigenvalue weighted by atomic mass is 9.89. The molecule has 1 N–H and O–H groups in total. The second kappa shape index (κ2) is 6.41. The highest BCUT2D eigenvalue weighted by Gasteiger charge is 2.28. The average Bonchev–Trinajstić information content (AvgIpc) is 2.44. The Balaban J connectivity index is 2.02. The zero-order valence-corrected chi connectivity index (χ0v) is 11.0. The van der Waals surface area contributed by atoms with Crippen molar-refractivity contribution < 1.29 is 23.0 Å². The van der Waals surface area contributed by atoms with Crippen molar-refractivity contribution in [3.63, 3.8) is 0 Å². The topological polar surface area (TPSA) is 29.5 Å². The number of ether oxygens (including phenoxy) is 1. The molecule has 0 aliphatic carbocycles. The molecular formula is C15H17F3O2. The van der Waals surface area contributed by atoms with Crippen LogP contribution in [0.25, 0.3) is 0 Å². The molecule has 1 aliphatic heterocycles. The Morgan fingerprint density at radius 3 is 2.45 bits per heavy atom. The lowest BCUT2D eigenvalue weighted by molar-refractivity contribution is -0.0554. The van der Waals surface area contributed by atoms with Crippen LogP contribution in [0.2, 0.25) is 0 Å². The van der Waals surface area contributed by atoms with Gasteiger partial charge in [-0.05, 0) is 37.0 Å². The fraction of sp³-hybridized carbons (Fsp3) is 0.467. The fourth-order valence-electron chi connectivity index (χ4n) is 2.46. The quantitative estimate of drug-likeness (QED) is 0.678. The van der Waals surface area contributed by atoms with E-state index >= 15 is 0 Å². The van der Waals surface area contributed by atoms with Gasteiger partial charge in [-0.1, -0.05) is 6.08 Å². The normalized spacial score (nSPS) is 24.4. The third-order valence-electron chi connectivity index (χ3n) is 3.64. The molecule has 0 amide bonds. The van der Waals surface area contributed by atoms with E-state index in [4.69, 9.17) is 4.74 Å². The molecule has 1 heterocycles. The van der Waals surface area contributed by atoms with Crippen LogP contribution in [-0.4, -0.2) is 17.8 Å². The van der Waals surface area contributed by atoms with Gasteiger partial charge in [0.2, 0.25) is 0 Å². The Bertz CT molecular complexity index is 459. The van der Waals surface area contributed by atoms with E-state index in [1.807, 2.05) is 0 Å². The van der Waals surface area contributed by atoms with E-state index in [0.717, 1.165) is 12.1 Å². The summed E-state index contributed by atoms with van der Waals surface area (Å²) in [5.74, 6) is -3.90. The Morgan fingerprint density at radius 1 is 1.30 bits per heavy atom. The van der Waals surface area contributed by atoms with Gasteiger partial charge in [0, 0.05) is 5.92 Å². The van der Waals surface area contributed by atoms with E-state index in [1.165, 1.54) is 0 Å². The van der Waals surface area contributed by atoms with Crippen molar-refractivity contribution in [2.45, 2.75) is 31.5 Å². The average molecular weight is 286 g/mol. The number of halogens is 3. The van der Waals surface area contributed by atoms with Gasteiger partial charge in [0.05, 0.1) is 18.8 Å². The highest BCUT2D eigenvalue weighted by molar-refractivity contribution is 5.22. The molecule has 20 heavy (non-hydrogen) atoms. The second-order valence-electron chi connectivity index (χ2n) is 5.05. The summed E-state index contributed by atoms with van der Waals surface area (Å²) in [6.45, 7) is 3.87. The van der Waals surface area contributed by atoms with E-state index in [2.05, 4.69) is 6.58 Å². The number of rotatable bonds is 4. The third kappa shape index (κ3) is 3.22. The zero-order chi connectivity index (χ0) is 14.7. The maximum Gasteiger partial charge on any atom is 0.194 e. The van der Waals surface area contributed by atoms with Crippen LogP contribution in [0.3, 0.4) is 0 Å². The van der Waals surface area contributed by atoms with Crippen molar-refractivity contribution >= 4 is 0 Å². The van der Waals surface area contributed by atoms with Crippen molar-refractivity contribution in [2.75, 3.05) is 6.61 Å². The summed E-state index contributed by atoms with van der Waals surface area (Å²) in [5.41, 5.74) is 0.290. The van der Waals surface area contributed by atoms with Gasteiger partial charge < -0.3 is 9.84 Å². The van der Waals surface area contributed by atoms with E-state index in [-0.39, 0.29) is 11.5 Å². The lowest BCUT2D eigenvalue weighted by Gasteiger charge is -2.31. The van der Waals surface area contributed by atoms with Crippen molar-refractivity contribution in [1.29, 1.82) is 0 Å². The Labute approximate surface area is 115 Å². The number of aliphatic hydroxyl groups is 1. The number of benzene rings is 1. The molecule has 0 bridgehead atoms. The molecule has 1 aliphatic rings. The molecule has 0 saturated carbocycles. The molecule has 3 unspecified atom stereocenters. The second-order valence-corrected chi connectivity index (χ2v) is 5.05. The molecule has 2 nitrogen and oxygen atoms in total. The summed E-state index contributed by atoms with van der Waals surface area (Å²) in [7, 11) is 0. The maximum absolute atomic E-state index is 13.2. The molecule has 5 heteroatoms. The van der Waals surface area contributed by atoms with E-state index in [9.17, 15) is 18.3 Å². The Hall–Kier alpha value is -1.33. The maximum atomic E-state index is 13.2. The molecular weight excluding hydrogens is 269 g/mol. The standard InChI is InChI=1S/C15H17F3O2/c1-2-3-13(19)9-4-5-14(20-8-9)10-6-11(16)15(18)12(17)7-10/h2,6-7,9,13-14,19H,1,3-5,8H2. The predicted molar refractivity (Wildman–Crippen MR) is 68.6 cm³/mol. The molecule has 0 radical (unpaired) electrons. The minimum Gasteiger partial charge on any atom is -0.392 e. The van der Waals surface area contributed by atoms with Crippen molar-refractivity contribution in [3.05, 3.63) is 47.8 Å². The van der Waals surface area contributed by atoms with Gasteiger partial charge in [-0.3, -0.25) is 0 Å². The molecule has 1 aromatic carbocycles. The first-order valence-electron chi connectivity index (χ1n) is 6.58. The summed E-state index contributed by atoms with van der Waals surface area (Å²) in [6.07, 6.45) is 2.35. The number of hydrogen-bond acceptors (Lipinski definition) is 2. The molecule has 1 aromatic rings. The summed E-state index contributed by atoms with van der Waals surface area (Å²) >= 11 is 0. The van der Waals surface area contributed by atoms with Crippen LogP contribution in [0.5, 0.6) is 0 Å².